The molecule has 0 aliphatic heterocycles. The Morgan fingerprint density at radius 1 is 1.00 bits per heavy atom. The molecule has 1 aromatic carbocycles. The predicted molar refractivity (Wildman–Crippen MR) is 54.6 cm³/mol. The van der Waals surface area contributed by atoms with Crippen LogP contribution in [0.2, 0.25) is 5.02 Å². The first-order chi connectivity index (χ1) is 8.43. The largest absolute Gasteiger partial charge is 0.435 e. The Bertz CT molecular complexity index is 447. The van der Waals surface area contributed by atoms with Crippen molar-refractivity contribution in [3.63, 3.8) is 0 Å². The summed E-state index contributed by atoms with van der Waals surface area (Å²) >= 11 is 5.38. The Morgan fingerprint density at radius 3 is 1.84 bits per heavy atom. The van der Waals surface area contributed by atoms with Crippen LogP contribution in [0.1, 0.15) is 18.1 Å². The lowest BCUT2D eigenvalue weighted by atomic mass is 9.92. The number of benzene rings is 1. The maximum atomic E-state index is 13.7. The minimum absolute atomic E-state index is 0.0435. The van der Waals surface area contributed by atoms with E-state index in [9.17, 15) is 30.7 Å². The fourth-order valence-electron chi connectivity index (χ4n) is 1.47. The number of hydrogen-bond acceptors (Lipinski definition) is 0. The molecule has 19 heavy (non-hydrogen) atoms. The monoisotopic (exact) mass is 307 g/mol. The fourth-order valence-corrected chi connectivity index (χ4v) is 1.71. The van der Waals surface area contributed by atoms with E-state index in [1.165, 1.54) is 6.92 Å². The molecule has 1 rings (SSSR count). The van der Waals surface area contributed by atoms with Crippen LogP contribution in [0.15, 0.2) is 12.1 Å². The van der Waals surface area contributed by atoms with Crippen molar-refractivity contribution in [2.45, 2.75) is 31.4 Å². The second kappa shape index (κ2) is 4.85. The van der Waals surface area contributed by atoms with Crippen molar-refractivity contribution in [1.29, 1.82) is 0 Å². The Labute approximate surface area is 109 Å². The molecule has 1 aromatic rings. The first kappa shape index (κ1) is 16.1. The highest BCUT2D eigenvalue weighted by molar-refractivity contribution is 6.30. The molecule has 107 valence electrons. The van der Waals surface area contributed by atoms with Gasteiger partial charge in [0.15, 0.2) is 0 Å². The molecule has 1 radical (unpaired) electrons. The van der Waals surface area contributed by atoms with Gasteiger partial charge < -0.3 is 0 Å². The lowest BCUT2D eigenvalue weighted by Gasteiger charge is -2.30. The van der Waals surface area contributed by atoms with E-state index in [-0.39, 0.29) is 18.1 Å². The third kappa shape index (κ3) is 2.80. The van der Waals surface area contributed by atoms with Crippen molar-refractivity contribution in [1.82, 2.24) is 0 Å². The Kier molecular flexibility index (Phi) is 4.10. The third-order valence-electron chi connectivity index (χ3n) is 2.45. The van der Waals surface area contributed by atoms with Gasteiger partial charge in [0.2, 0.25) is 0 Å². The molecule has 8 heteroatoms. The van der Waals surface area contributed by atoms with Gasteiger partial charge in [-0.2, -0.15) is 26.3 Å². The number of alkyl halides is 7. The minimum atomic E-state index is -6.14. The second-order valence-corrected chi connectivity index (χ2v) is 4.16. The van der Waals surface area contributed by atoms with Crippen molar-refractivity contribution in [3.8, 4) is 0 Å². The van der Waals surface area contributed by atoms with Crippen LogP contribution in [0.5, 0.6) is 0 Å². The lowest BCUT2D eigenvalue weighted by molar-refractivity contribution is -0.348. The molecule has 0 nitrogen and oxygen atoms in total. The predicted octanol–water partition coefficient (Wildman–Crippen LogP) is 4.99. The summed E-state index contributed by atoms with van der Waals surface area (Å²) in [5.74, 6) is 0. The zero-order valence-electron chi connectivity index (χ0n) is 9.39. The van der Waals surface area contributed by atoms with Crippen LogP contribution in [-0.4, -0.2) is 12.4 Å². The summed E-state index contributed by atoms with van der Waals surface area (Å²) in [6.45, 7) is 1.47. The highest BCUT2D eigenvalue weighted by atomic mass is 35.5. The van der Waals surface area contributed by atoms with Crippen molar-refractivity contribution in [3.05, 3.63) is 34.3 Å². The van der Waals surface area contributed by atoms with E-state index in [2.05, 4.69) is 6.07 Å². The summed E-state index contributed by atoms with van der Waals surface area (Å²) in [6, 6.07) is 3.08. The molecule has 0 spiro atoms. The van der Waals surface area contributed by atoms with E-state index in [0.717, 1.165) is 0 Å². The summed E-state index contributed by atoms with van der Waals surface area (Å²) in [7, 11) is 0. The van der Waals surface area contributed by atoms with Crippen LogP contribution >= 0.6 is 11.6 Å². The molecule has 0 aliphatic carbocycles. The first-order valence-corrected chi connectivity index (χ1v) is 5.36. The van der Waals surface area contributed by atoms with Crippen LogP contribution in [0.3, 0.4) is 0 Å². The molecular formula is C11H7ClF7. The molecule has 0 amide bonds. The van der Waals surface area contributed by atoms with E-state index >= 15 is 0 Å². The van der Waals surface area contributed by atoms with Crippen LogP contribution in [-0.2, 0) is 12.1 Å². The average molecular weight is 308 g/mol. The summed E-state index contributed by atoms with van der Waals surface area (Å²) in [6.07, 6.45) is -12.2. The molecule has 0 saturated heterocycles. The van der Waals surface area contributed by atoms with E-state index < -0.39 is 28.6 Å². The Hall–Kier alpha value is -0.980. The molecule has 0 unspecified atom stereocenters. The van der Waals surface area contributed by atoms with E-state index in [1.54, 1.807) is 0 Å². The van der Waals surface area contributed by atoms with E-state index in [0.29, 0.717) is 6.07 Å². The second-order valence-electron chi connectivity index (χ2n) is 3.75. The number of hydrogen-bond donors (Lipinski definition) is 0. The summed E-state index contributed by atoms with van der Waals surface area (Å²) < 4.78 is 88.7. The van der Waals surface area contributed by atoms with Gasteiger partial charge in [0.05, 0.1) is 0 Å². The first-order valence-electron chi connectivity index (χ1n) is 4.98. The Morgan fingerprint density at radius 2 is 1.47 bits per heavy atom. The molecule has 0 bridgehead atoms. The topological polar surface area (TPSA) is 0 Å². The lowest BCUT2D eigenvalue weighted by Crippen LogP contribution is -2.50. The van der Waals surface area contributed by atoms with Gasteiger partial charge in [0.25, 0.3) is 0 Å². The van der Waals surface area contributed by atoms with Crippen molar-refractivity contribution in [2.24, 2.45) is 0 Å². The van der Waals surface area contributed by atoms with Crippen molar-refractivity contribution >= 4 is 11.6 Å². The number of rotatable bonds is 2. The summed E-state index contributed by atoms with van der Waals surface area (Å²) in [5, 5.41) is -0.509. The van der Waals surface area contributed by atoms with Crippen LogP contribution in [0.25, 0.3) is 0 Å². The molecular weight excluding hydrogens is 301 g/mol. The van der Waals surface area contributed by atoms with Crippen molar-refractivity contribution < 1.29 is 30.7 Å². The third-order valence-corrected chi connectivity index (χ3v) is 2.66. The molecule has 0 saturated carbocycles. The minimum Gasteiger partial charge on any atom is -0.218 e. The van der Waals surface area contributed by atoms with Gasteiger partial charge in [-0.15, -0.1) is 0 Å². The van der Waals surface area contributed by atoms with Crippen LogP contribution in [0, 0.1) is 6.07 Å². The van der Waals surface area contributed by atoms with Crippen LogP contribution in [0.4, 0.5) is 30.7 Å². The molecule has 0 atom stereocenters. The van der Waals surface area contributed by atoms with Crippen LogP contribution < -0.4 is 0 Å². The molecule has 0 aliphatic rings. The van der Waals surface area contributed by atoms with Gasteiger partial charge in [0.1, 0.15) is 0 Å². The van der Waals surface area contributed by atoms with Gasteiger partial charge in [0, 0.05) is 16.7 Å². The highest BCUT2D eigenvalue weighted by Crippen LogP contribution is 2.53. The Balaban J connectivity index is 3.56. The standard InChI is InChI=1S/C11H7ClF7/c1-2-6-3-7(5-8(12)4-6)9(13,10(14,15)16)11(17,18)19/h3,5H,2H2,1H3. The van der Waals surface area contributed by atoms with Crippen molar-refractivity contribution in [2.75, 3.05) is 0 Å². The smallest absolute Gasteiger partial charge is 0.218 e. The quantitative estimate of drug-likeness (QED) is 0.675. The van der Waals surface area contributed by atoms with Gasteiger partial charge in [-0.05, 0) is 18.1 Å². The zero-order valence-corrected chi connectivity index (χ0v) is 10.1. The molecule has 0 N–H and O–H groups in total. The average Bonchev–Trinajstić information content (AvgIpc) is 2.23. The number of aryl methyl sites for hydroxylation is 1. The van der Waals surface area contributed by atoms with E-state index in [1.807, 2.05) is 0 Å². The van der Waals surface area contributed by atoms with Gasteiger partial charge >= 0.3 is 18.0 Å². The maximum absolute atomic E-state index is 13.7. The van der Waals surface area contributed by atoms with Gasteiger partial charge in [-0.1, -0.05) is 24.6 Å². The molecule has 0 fully saturated rings. The van der Waals surface area contributed by atoms with Gasteiger partial charge in [-0.3, -0.25) is 0 Å². The molecule has 0 aromatic heterocycles. The summed E-state index contributed by atoms with van der Waals surface area (Å²) in [4.78, 5) is 0. The van der Waals surface area contributed by atoms with Gasteiger partial charge in [-0.25, -0.2) is 4.39 Å². The summed E-state index contributed by atoms with van der Waals surface area (Å²) in [5.41, 5.74) is -7.09. The SMILES string of the molecule is CCc1[c]c(Cl)cc(C(F)(C(F)(F)F)C(F)(F)F)c1. The fraction of sp³-hybridized carbons (Fsp3) is 0.455. The molecule has 0 heterocycles. The number of halogens is 8. The highest BCUT2D eigenvalue weighted by Gasteiger charge is 2.73. The maximum Gasteiger partial charge on any atom is 0.435 e. The normalized spacial score (nSPS) is 13.7. The van der Waals surface area contributed by atoms with E-state index in [4.69, 9.17) is 11.6 Å². The zero-order chi connectivity index (χ0) is 15.1.